The fourth-order valence-electron chi connectivity index (χ4n) is 4.58. The molecule has 0 radical (unpaired) electrons. The van der Waals surface area contributed by atoms with Gasteiger partial charge in [-0.3, -0.25) is 0 Å². The molecule has 0 spiro atoms. The number of rotatable bonds is 8. The summed E-state index contributed by atoms with van der Waals surface area (Å²) >= 11 is 2.76. The summed E-state index contributed by atoms with van der Waals surface area (Å²) in [4.78, 5) is -3.40. The summed E-state index contributed by atoms with van der Waals surface area (Å²) in [5.41, 5.74) is 4.62. The van der Waals surface area contributed by atoms with Crippen LogP contribution in [0.25, 0.3) is 0 Å². The van der Waals surface area contributed by atoms with Crippen LogP contribution in [0.5, 0.6) is 0 Å². The van der Waals surface area contributed by atoms with Gasteiger partial charge >= 0.3 is 218 Å². The third kappa shape index (κ3) is 3.91. The molecule has 0 heterocycles. The normalized spacial score (nSPS) is 12.3. The van der Waals surface area contributed by atoms with Gasteiger partial charge < -0.3 is 0 Å². The minimum absolute atomic E-state index is 1.16. The Morgan fingerprint density at radius 1 is 0.382 bits per heavy atom. The Balaban J connectivity index is 2.08. The van der Waals surface area contributed by atoms with Gasteiger partial charge in [0.15, 0.2) is 0 Å². The Hall–Kier alpha value is -2.76. The number of nitrogens with zero attached hydrogens (tertiary/aromatic N) is 4. The molecule has 6 heteroatoms. The summed E-state index contributed by atoms with van der Waals surface area (Å²) in [6.07, 6.45) is 0. The van der Waals surface area contributed by atoms with Gasteiger partial charge in [-0.15, -0.1) is 0 Å². The van der Waals surface area contributed by atoms with E-state index < -0.39 is 4.85 Å². The predicted octanol–water partition coefficient (Wildman–Crippen LogP) is 8.10. The second-order valence-electron chi connectivity index (χ2n) is 8.28. The Morgan fingerprint density at radius 3 is 0.735 bits per heavy atom. The molecule has 4 aromatic rings. The summed E-state index contributed by atoms with van der Waals surface area (Å²) in [5.74, 6) is 0. The molecule has 0 amide bonds. The van der Waals surface area contributed by atoms with Crippen LogP contribution in [-0.2, 0) is 0 Å². The molecule has 0 N–H and O–H groups in total. The van der Waals surface area contributed by atoms with E-state index >= 15 is 0 Å². The van der Waals surface area contributed by atoms with E-state index in [9.17, 15) is 0 Å². The van der Waals surface area contributed by atoms with Crippen LogP contribution in [0.3, 0.4) is 0 Å². The topological polar surface area (TPSA) is 13.0 Å². The molecule has 0 aliphatic carbocycles. The Kier molecular flexibility index (Phi) is 7.06. The average molecular weight is 582 g/mol. The van der Waals surface area contributed by atoms with Gasteiger partial charge in [0.05, 0.1) is 0 Å². The van der Waals surface area contributed by atoms with Crippen LogP contribution in [0.1, 0.15) is 0 Å². The maximum atomic E-state index is 2.76. The first-order valence-electron chi connectivity index (χ1n) is 11.3. The van der Waals surface area contributed by atoms with Crippen molar-refractivity contribution >= 4 is 49.6 Å². The van der Waals surface area contributed by atoms with Crippen molar-refractivity contribution in [2.75, 3.05) is 46.9 Å². The molecule has 0 aliphatic rings. The third-order valence-corrected chi connectivity index (χ3v) is 19.4. The van der Waals surface area contributed by atoms with E-state index in [2.05, 4.69) is 190 Å². The number of halogens is 1. The number of para-hydroxylation sites is 4. The molecule has 0 aliphatic heterocycles. The third-order valence-electron chi connectivity index (χ3n) is 6.58. The van der Waals surface area contributed by atoms with Crippen molar-refractivity contribution in [1.29, 1.82) is 0 Å². The van der Waals surface area contributed by atoms with Gasteiger partial charge in [-0.05, 0) is 0 Å². The van der Waals surface area contributed by atoms with E-state index in [-0.39, 0.29) is 0 Å². The molecule has 4 aromatic carbocycles. The van der Waals surface area contributed by atoms with Gasteiger partial charge in [-0.1, -0.05) is 0 Å². The number of anilines is 4. The summed E-state index contributed by atoms with van der Waals surface area (Å²) in [6, 6.07) is 42.7. The molecule has 0 bridgehead atoms. The van der Waals surface area contributed by atoms with Gasteiger partial charge in [0.2, 0.25) is 0 Å². The van der Waals surface area contributed by atoms with E-state index in [1.54, 1.807) is 0 Å². The van der Waals surface area contributed by atoms with Crippen LogP contribution < -0.4 is 18.7 Å². The van der Waals surface area contributed by atoms with Gasteiger partial charge in [-0.2, -0.15) is 0 Å². The first kappa shape index (κ1) is 24.4. The van der Waals surface area contributed by atoms with Gasteiger partial charge in [0.1, 0.15) is 0 Å². The number of hydrogen-bond donors (Lipinski definition) is 0. The van der Waals surface area contributed by atoms with E-state index in [0.717, 1.165) is 22.7 Å². The predicted molar refractivity (Wildman–Crippen MR) is 160 cm³/mol. The van der Waals surface area contributed by atoms with Gasteiger partial charge in [0.25, 0.3) is 0 Å². The number of benzene rings is 4. The molecule has 0 atom stereocenters. The monoisotopic (exact) mass is 582 g/mol. The molecule has 4 nitrogen and oxygen atoms in total. The molecule has 0 saturated carbocycles. The second-order valence-corrected chi connectivity index (χ2v) is 17.5. The Bertz CT molecular complexity index is 999. The average Bonchev–Trinajstić information content (AvgIpc) is 2.93. The fourth-order valence-corrected chi connectivity index (χ4v) is 12.1. The first-order chi connectivity index (χ1) is 16.4. The van der Waals surface area contributed by atoms with Crippen molar-refractivity contribution in [1.82, 2.24) is 0 Å². The first-order valence-corrected chi connectivity index (χ1v) is 16.1. The molecule has 0 aromatic heterocycles. The van der Waals surface area contributed by atoms with Crippen molar-refractivity contribution < 1.29 is 0 Å². The SMILES string of the molecule is CN(c1ccccc1)P(I)(N(C)c1ccccc1)(N(C)c1ccccc1)N(C)c1ccccc1. The molecule has 176 valence electrons. The Morgan fingerprint density at radius 2 is 0.559 bits per heavy atom. The quantitative estimate of drug-likeness (QED) is 0.154. The molecular weight excluding hydrogens is 550 g/mol. The van der Waals surface area contributed by atoms with Crippen LogP contribution in [0, 0.1) is 0 Å². The maximum absolute atomic E-state index is 3.40. The van der Waals surface area contributed by atoms with Crippen molar-refractivity contribution in [3.8, 4) is 0 Å². The van der Waals surface area contributed by atoms with Gasteiger partial charge in [-0.25, -0.2) is 0 Å². The molecular formula is C28H32IN4P. The van der Waals surface area contributed by atoms with Crippen molar-refractivity contribution in [2.45, 2.75) is 0 Å². The van der Waals surface area contributed by atoms with Crippen LogP contribution in [0.4, 0.5) is 22.7 Å². The number of hydrogen-bond acceptors (Lipinski definition) is 4. The van der Waals surface area contributed by atoms with E-state index in [1.165, 1.54) is 0 Å². The van der Waals surface area contributed by atoms with E-state index in [0.29, 0.717) is 0 Å². The van der Waals surface area contributed by atoms with Crippen molar-refractivity contribution in [3.05, 3.63) is 121 Å². The van der Waals surface area contributed by atoms with Crippen molar-refractivity contribution in [3.63, 3.8) is 0 Å². The van der Waals surface area contributed by atoms with Crippen molar-refractivity contribution in [2.24, 2.45) is 0 Å². The zero-order valence-electron chi connectivity index (χ0n) is 20.2. The van der Waals surface area contributed by atoms with E-state index in [4.69, 9.17) is 0 Å². The summed E-state index contributed by atoms with van der Waals surface area (Å²) < 4.78 is 9.89. The van der Waals surface area contributed by atoms with Crippen LogP contribution in [0.2, 0.25) is 0 Å². The zero-order valence-corrected chi connectivity index (χ0v) is 23.2. The molecule has 4 rings (SSSR count). The molecule has 34 heavy (non-hydrogen) atoms. The van der Waals surface area contributed by atoms with Crippen LogP contribution in [0.15, 0.2) is 121 Å². The van der Waals surface area contributed by atoms with E-state index in [1.807, 2.05) is 0 Å². The standard InChI is InChI=1S/C28H32IN4P/c1-30(25-17-9-5-10-18-25)34(29,31(2)26-19-11-6-12-20-26,32(3)27-21-13-7-14-22-27)33(4)28-23-15-8-16-24-28/h5-24H,1-4H3. The van der Waals surface area contributed by atoms with Gasteiger partial charge in [0, 0.05) is 0 Å². The molecule has 0 fully saturated rings. The van der Waals surface area contributed by atoms with Crippen LogP contribution >= 0.6 is 26.9 Å². The molecule has 0 saturated heterocycles. The summed E-state index contributed by atoms with van der Waals surface area (Å²) in [7, 11) is 8.88. The minimum atomic E-state index is -3.40. The Labute approximate surface area is 217 Å². The zero-order chi connectivity index (χ0) is 24.2. The second kappa shape index (κ2) is 9.85. The summed E-state index contributed by atoms with van der Waals surface area (Å²) in [6.45, 7) is 0. The fraction of sp³-hybridized carbons (Fsp3) is 0.143. The van der Waals surface area contributed by atoms with Crippen LogP contribution in [-0.4, -0.2) is 28.2 Å². The molecule has 0 unspecified atom stereocenters. The summed E-state index contributed by atoms with van der Waals surface area (Å²) in [5, 5.41) is 0.